The minimum atomic E-state index is 0.803. The summed E-state index contributed by atoms with van der Waals surface area (Å²) in [5, 5.41) is 0. The summed E-state index contributed by atoms with van der Waals surface area (Å²) in [7, 11) is 0. The Balaban J connectivity index is 1.46. The van der Waals surface area contributed by atoms with E-state index in [0.717, 1.165) is 31.6 Å². The Morgan fingerprint density at radius 2 is 1.95 bits per heavy atom. The van der Waals surface area contributed by atoms with E-state index in [2.05, 4.69) is 40.1 Å². The van der Waals surface area contributed by atoms with Crippen LogP contribution in [0, 0.1) is 5.92 Å². The molecule has 3 heteroatoms. The second-order valence-electron chi connectivity index (χ2n) is 6.39. The van der Waals surface area contributed by atoms with E-state index in [-0.39, 0.29) is 0 Å². The van der Waals surface area contributed by atoms with Crippen molar-refractivity contribution in [2.45, 2.75) is 31.8 Å². The molecule has 0 spiro atoms. The van der Waals surface area contributed by atoms with Crippen molar-refractivity contribution in [1.82, 2.24) is 9.80 Å². The maximum absolute atomic E-state index is 5.75. The van der Waals surface area contributed by atoms with Crippen molar-refractivity contribution in [3.8, 4) is 0 Å². The molecule has 2 aliphatic rings. The lowest BCUT2D eigenvalue weighted by Crippen LogP contribution is -2.36. The fourth-order valence-corrected chi connectivity index (χ4v) is 3.41. The maximum Gasteiger partial charge on any atom is 0.0233 e. The SMILES string of the molecule is NCCN(C[C@@H]1CCN(Cc2ccccc2)C1)C1CC1. The Bertz CT molecular complexity index is 402. The van der Waals surface area contributed by atoms with E-state index in [4.69, 9.17) is 5.73 Å². The van der Waals surface area contributed by atoms with Gasteiger partial charge in [-0.1, -0.05) is 30.3 Å². The zero-order valence-electron chi connectivity index (χ0n) is 12.4. The third-order valence-electron chi connectivity index (χ3n) is 4.59. The molecular weight excluding hydrogens is 246 g/mol. The topological polar surface area (TPSA) is 32.5 Å². The van der Waals surface area contributed by atoms with E-state index >= 15 is 0 Å². The van der Waals surface area contributed by atoms with Crippen molar-refractivity contribution in [2.24, 2.45) is 11.7 Å². The van der Waals surface area contributed by atoms with Gasteiger partial charge in [0.25, 0.3) is 0 Å². The monoisotopic (exact) mass is 273 g/mol. The molecule has 1 aliphatic heterocycles. The Kier molecular flexibility index (Phi) is 4.71. The highest BCUT2D eigenvalue weighted by molar-refractivity contribution is 5.14. The lowest BCUT2D eigenvalue weighted by Gasteiger charge is -2.25. The van der Waals surface area contributed by atoms with Crippen LogP contribution in [0.3, 0.4) is 0 Å². The van der Waals surface area contributed by atoms with E-state index < -0.39 is 0 Å². The minimum Gasteiger partial charge on any atom is -0.329 e. The minimum absolute atomic E-state index is 0.803. The summed E-state index contributed by atoms with van der Waals surface area (Å²) in [6.45, 7) is 6.75. The summed E-state index contributed by atoms with van der Waals surface area (Å²) in [5.41, 5.74) is 7.19. The summed E-state index contributed by atoms with van der Waals surface area (Å²) < 4.78 is 0. The number of nitrogens with zero attached hydrogens (tertiary/aromatic N) is 2. The second kappa shape index (κ2) is 6.70. The largest absolute Gasteiger partial charge is 0.329 e. The van der Waals surface area contributed by atoms with Gasteiger partial charge < -0.3 is 5.73 Å². The molecule has 0 aromatic heterocycles. The molecule has 0 bridgehead atoms. The average Bonchev–Trinajstić information content (AvgIpc) is 3.22. The number of rotatable bonds is 7. The van der Waals surface area contributed by atoms with E-state index in [1.54, 1.807) is 0 Å². The second-order valence-corrected chi connectivity index (χ2v) is 6.39. The molecule has 1 saturated carbocycles. The van der Waals surface area contributed by atoms with Gasteiger partial charge in [-0.05, 0) is 37.3 Å². The summed E-state index contributed by atoms with van der Waals surface area (Å²) in [6, 6.07) is 11.7. The smallest absolute Gasteiger partial charge is 0.0233 e. The first kappa shape index (κ1) is 14.1. The Morgan fingerprint density at radius 1 is 1.15 bits per heavy atom. The van der Waals surface area contributed by atoms with Crippen molar-refractivity contribution in [3.63, 3.8) is 0 Å². The van der Waals surface area contributed by atoms with Gasteiger partial charge in [0.1, 0.15) is 0 Å². The molecule has 1 aromatic rings. The number of nitrogens with two attached hydrogens (primary N) is 1. The van der Waals surface area contributed by atoms with Gasteiger partial charge in [-0.2, -0.15) is 0 Å². The van der Waals surface area contributed by atoms with Crippen LogP contribution in [0.4, 0.5) is 0 Å². The predicted molar refractivity (Wildman–Crippen MR) is 83.5 cm³/mol. The molecule has 2 fully saturated rings. The van der Waals surface area contributed by atoms with Gasteiger partial charge >= 0.3 is 0 Å². The molecule has 1 aromatic carbocycles. The van der Waals surface area contributed by atoms with Crippen molar-refractivity contribution < 1.29 is 0 Å². The maximum atomic E-state index is 5.75. The molecule has 2 N–H and O–H groups in total. The number of hydrogen-bond donors (Lipinski definition) is 1. The first-order chi connectivity index (χ1) is 9.85. The molecular formula is C17H27N3. The fraction of sp³-hybridized carbons (Fsp3) is 0.647. The third kappa shape index (κ3) is 3.81. The lowest BCUT2D eigenvalue weighted by molar-refractivity contribution is 0.221. The Morgan fingerprint density at radius 3 is 2.65 bits per heavy atom. The highest BCUT2D eigenvalue weighted by Gasteiger charge is 2.32. The standard InChI is InChI=1S/C17H27N3/c18-9-11-20(17-6-7-17)14-16-8-10-19(13-16)12-15-4-2-1-3-5-15/h1-5,16-17H,6-14,18H2/t16-/m1/s1. The Hall–Kier alpha value is -0.900. The third-order valence-corrected chi connectivity index (χ3v) is 4.59. The van der Waals surface area contributed by atoms with Gasteiger partial charge in [0.2, 0.25) is 0 Å². The van der Waals surface area contributed by atoms with Crippen LogP contribution in [0.2, 0.25) is 0 Å². The van der Waals surface area contributed by atoms with Crippen LogP contribution in [0.5, 0.6) is 0 Å². The molecule has 1 saturated heterocycles. The fourth-order valence-electron chi connectivity index (χ4n) is 3.41. The van der Waals surface area contributed by atoms with Crippen LogP contribution in [0.25, 0.3) is 0 Å². The summed E-state index contributed by atoms with van der Waals surface area (Å²) >= 11 is 0. The van der Waals surface area contributed by atoms with Crippen LogP contribution in [-0.2, 0) is 6.54 Å². The van der Waals surface area contributed by atoms with Gasteiger partial charge in [0.05, 0.1) is 0 Å². The van der Waals surface area contributed by atoms with E-state index in [0.29, 0.717) is 0 Å². The van der Waals surface area contributed by atoms with Crippen molar-refractivity contribution in [3.05, 3.63) is 35.9 Å². The first-order valence-electron chi connectivity index (χ1n) is 8.05. The highest BCUT2D eigenvalue weighted by Crippen LogP contribution is 2.29. The molecule has 0 radical (unpaired) electrons. The van der Waals surface area contributed by atoms with Crippen LogP contribution in [0.15, 0.2) is 30.3 Å². The van der Waals surface area contributed by atoms with Crippen LogP contribution >= 0.6 is 0 Å². The van der Waals surface area contributed by atoms with Crippen molar-refractivity contribution in [1.29, 1.82) is 0 Å². The molecule has 1 aliphatic carbocycles. The van der Waals surface area contributed by atoms with Crippen LogP contribution in [0.1, 0.15) is 24.8 Å². The normalized spacial score (nSPS) is 23.6. The molecule has 110 valence electrons. The summed E-state index contributed by atoms with van der Waals surface area (Å²) in [5.74, 6) is 0.839. The van der Waals surface area contributed by atoms with Gasteiger partial charge in [-0.3, -0.25) is 9.80 Å². The molecule has 3 rings (SSSR count). The first-order valence-corrected chi connectivity index (χ1v) is 8.05. The average molecular weight is 273 g/mol. The van der Waals surface area contributed by atoms with Crippen LogP contribution < -0.4 is 5.73 Å². The summed E-state index contributed by atoms with van der Waals surface area (Å²) in [6.07, 6.45) is 4.13. The zero-order chi connectivity index (χ0) is 13.8. The van der Waals surface area contributed by atoms with Crippen molar-refractivity contribution in [2.75, 3.05) is 32.7 Å². The quantitative estimate of drug-likeness (QED) is 0.824. The van der Waals surface area contributed by atoms with Crippen molar-refractivity contribution >= 4 is 0 Å². The molecule has 20 heavy (non-hydrogen) atoms. The number of hydrogen-bond acceptors (Lipinski definition) is 3. The van der Waals surface area contributed by atoms with Crippen LogP contribution in [-0.4, -0.2) is 48.6 Å². The van der Waals surface area contributed by atoms with Gasteiger partial charge in [-0.25, -0.2) is 0 Å². The molecule has 1 atom stereocenters. The van der Waals surface area contributed by atoms with Gasteiger partial charge in [-0.15, -0.1) is 0 Å². The van der Waals surface area contributed by atoms with E-state index in [9.17, 15) is 0 Å². The van der Waals surface area contributed by atoms with E-state index in [1.807, 2.05) is 0 Å². The lowest BCUT2D eigenvalue weighted by atomic mass is 10.1. The summed E-state index contributed by atoms with van der Waals surface area (Å²) in [4.78, 5) is 5.24. The molecule has 0 unspecified atom stereocenters. The predicted octanol–water partition coefficient (Wildman–Crippen LogP) is 1.93. The number of benzene rings is 1. The van der Waals surface area contributed by atoms with Gasteiger partial charge in [0.15, 0.2) is 0 Å². The molecule has 1 heterocycles. The van der Waals surface area contributed by atoms with Gasteiger partial charge in [0, 0.05) is 38.8 Å². The molecule has 3 nitrogen and oxygen atoms in total. The number of likely N-dealkylation sites (tertiary alicyclic amines) is 1. The highest BCUT2D eigenvalue weighted by atomic mass is 15.2. The molecule has 0 amide bonds. The van der Waals surface area contributed by atoms with E-state index in [1.165, 1.54) is 44.5 Å². The Labute approximate surface area is 122 Å². The zero-order valence-corrected chi connectivity index (χ0v) is 12.4.